The summed E-state index contributed by atoms with van der Waals surface area (Å²) in [6, 6.07) is 27.3. The van der Waals surface area contributed by atoms with Crippen molar-refractivity contribution in [2.75, 3.05) is 10.6 Å². The van der Waals surface area contributed by atoms with Crippen LogP contribution in [-0.4, -0.2) is 22.0 Å². The van der Waals surface area contributed by atoms with Crippen molar-refractivity contribution < 1.29 is 14.0 Å². The zero-order valence-electron chi connectivity index (χ0n) is 19.8. The van der Waals surface area contributed by atoms with Gasteiger partial charge >= 0.3 is 0 Å². The minimum Gasteiger partial charge on any atom is -0.322 e. The minimum atomic E-state index is -0.582. The van der Waals surface area contributed by atoms with Crippen molar-refractivity contribution in [3.63, 3.8) is 0 Å². The lowest BCUT2D eigenvalue weighted by atomic mass is 10.1. The number of anilines is 2. The number of carbonyl (C=O) groups excluding carboxylic acids is 2. The van der Waals surface area contributed by atoms with Crippen molar-refractivity contribution in [2.24, 2.45) is 0 Å². The van der Waals surface area contributed by atoms with Gasteiger partial charge in [0.1, 0.15) is 5.82 Å². The molecule has 37 heavy (non-hydrogen) atoms. The Morgan fingerprint density at radius 1 is 0.892 bits per heavy atom. The van der Waals surface area contributed by atoms with E-state index in [2.05, 4.69) is 39.9 Å². The second kappa shape index (κ2) is 10.9. The second-order valence-electron chi connectivity index (χ2n) is 8.31. The van der Waals surface area contributed by atoms with E-state index < -0.39 is 17.0 Å². The van der Waals surface area contributed by atoms with Gasteiger partial charge in [-0.1, -0.05) is 54.6 Å². The van der Waals surface area contributed by atoms with Gasteiger partial charge in [0.25, 0.3) is 5.91 Å². The fraction of sp³-hybridized carbons (Fsp3) is 0.0690. The molecule has 4 aromatic carbocycles. The lowest BCUT2D eigenvalue weighted by Crippen LogP contribution is -2.22. The number of hydrogen-bond acceptors (Lipinski definition) is 5. The van der Waals surface area contributed by atoms with E-state index in [1.54, 1.807) is 24.3 Å². The lowest BCUT2D eigenvalue weighted by molar-refractivity contribution is -0.115. The van der Waals surface area contributed by atoms with Gasteiger partial charge in [0.2, 0.25) is 5.91 Å². The molecule has 2 N–H and O–H groups in total. The standard InChI is InChI=1S/C29H22FN3O2S2/c1-18(37-23-10-6-9-22(16-23)31-28(35)24-11-4-5-12-25(24)30)27(34)33-29-32-26(17-36-29)21-14-13-19-7-2-3-8-20(19)15-21/h2-18H,1H3,(H,31,35)(H,32,33,34). The normalized spacial score (nSPS) is 11.7. The van der Waals surface area contributed by atoms with Crippen LogP contribution in [0.25, 0.3) is 22.0 Å². The highest BCUT2D eigenvalue weighted by Gasteiger charge is 2.17. The topological polar surface area (TPSA) is 71.1 Å². The number of carbonyl (C=O) groups is 2. The number of thioether (sulfide) groups is 1. The van der Waals surface area contributed by atoms with Gasteiger partial charge in [0.15, 0.2) is 5.13 Å². The predicted octanol–water partition coefficient (Wildman–Crippen LogP) is 7.47. The van der Waals surface area contributed by atoms with E-state index in [0.717, 1.165) is 26.9 Å². The lowest BCUT2D eigenvalue weighted by Gasteiger charge is -2.12. The number of thiazole rings is 1. The molecular weight excluding hydrogens is 505 g/mol. The molecule has 0 aliphatic rings. The molecule has 184 valence electrons. The molecule has 0 saturated carbocycles. The molecule has 5 aromatic rings. The van der Waals surface area contributed by atoms with Crippen molar-refractivity contribution in [3.8, 4) is 11.3 Å². The van der Waals surface area contributed by atoms with Crippen molar-refractivity contribution in [1.82, 2.24) is 4.98 Å². The first-order valence-electron chi connectivity index (χ1n) is 11.5. The van der Waals surface area contributed by atoms with Gasteiger partial charge in [-0.05, 0) is 54.1 Å². The molecule has 1 atom stereocenters. The van der Waals surface area contributed by atoms with Gasteiger partial charge in [-0.15, -0.1) is 23.1 Å². The fourth-order valence-electron chi connectivity index (χ4n) is 3.77. The van der Waals surface area contributed by atoms with Gasteiger partial charge in [-0.2, -0.15) is 0 Å². The number of rotatable bonds is 7. The maximum atomic E-state index is 13.9. The summed E-state index contributed by atoms with van der Waals surface area (Å²) in [5, 5.41) is 9.96. The molecule has 1 aromatic heterocycles. The largest absolute Gasteiger partial charge is 0.322 e. The monoisotopic (exact) mass is 527 g/mol. The van der Waals surface area contributed by atoms with E-state index in [1.807, 2.05) is 36.6 Å². The molecule has 0 aliphatic carbocycles. The summed E-state index contributed by atoms with van der Waals surface area (Å²) in [6.07, 6.45) is 0. The van der Waals surface area contributed by atoms with Crippen LogP contribution in [0.15, 0.2) is 101 Å². The number of benzene rings is 4. The Morgan fingerprint density at radius 3 is 2.51 bits per heavy atom. The third-order valence-electron chi connectivity index (χ3n) is 5.67. The summed E-state index contributed by atoms with van der Waals surface area (Å²) in [5.74, 6) is -1.29. The molecule has 2 amide bonds. The smallest absolute Gasteiger partial charge is 0.258 e. The third-order valence-corrected chi connectivity index (χ3v) is 7.52. The number of nitrogens with zero attached hydrogens (tertiary/aromatic N) is 1. The van der Waals surface area contributed by atoms with Crippen LogP contribution in [-0.2, 0) is 4.79 Å². The van der Waals surface area contributed by atoms with Crippen LogP contribution in [0.2, 0.25) is 0 Å². The summed E-state index contributed by atoms with van der Waals surface area (Å²) in [6.45, 7) is 1.81. The third kappa shape index (κ3) is 5.87. The number of nitrogens with one attached hydrogen (secondary N) is 2. The molecule has 1 unspecified atom stereocenters. The molecular formula is C29H22FN3O2S2. The van der Waals surface area contributed by atoms with Gasteiger partial charge < -0.3 is 10.6 Å². The molecule has 8 heteroatoms. The minimum absolute atomic E-state index is 0.0280. The van der Waals surface area contributed by atoms with Crippen LogP contribution in [0.3, 0.4) is 0 Å². The Bertz CT molecular complexity index is 1600. The first-order chi connectivity index (χ1) is 18.0. The molecule has 0 saturated heterocycles. The van der Waals surface area contributed by atoms with Crippen molar-refractivity contribution in [2.45, 2.75) is 17.1 Å². The Morgan fingerprint density at radius 2 is 1.68 bits per heavy atom. The summed E-state index contributed by atoms with van der Waals surface area (Å²) in [5.41, 5.74) is 2.29. The highest BCUT2D eigenvalue weighted by atomic mass is 32.2. The number of aromatic nitrogens is 1. The van der Waals surface area contributed by atoms with E-state index in [0.29, 0.717) is 10.8 Å². The van der Waals surface area contributed by atoms with Gasteiger partial charge in [-0.3, -0.25) is 9.59 Å². The average molecular weight is 528 g/mol. The Balaban J connectivity index is 1.21. The zero-order valence-corrected chi connectivity index (χ0v) is 21.4. The number of amides is 2. The molecule has 0 aliphatic heterocycles. The van der Waals surface area contributed by atoms with Crippen LogP contribution in [0.5, 0.6) is 0 Å². The number of halogens is 1. The maximum absolute atomic E-state index is 13.9. The molecule has 5 nitrogen and oxygen atoms in total. The van der Waals surface area contributed by atoms with Crippen LogP contribution in [0.4, 0.5) is 15.2 Å². The van der Waals surface area contributed by atoms with Crippen molar-refractivity contribution in [3.05, 3.63) is 108 Å². The molecule has 0 bridgehead atoms. The summed E-state index contributed by atoms with van der Waals surface area (Å²) in [4.78, 5) is 30.7. The van der Waals surface area contributed by atoms with Gasteiger partial charge in [0, 0.05) is 21.5 Å². The Hall–Kier alpha value is -4.01. The molecule has 0 radical (unpaired) electrons. The van der Waals surface area contributed by atoms with Crippen LogP contribution < -0.4 is 10.6 Å². The van der Waals surface area contributed by atoms with Crippen LogP contribution in [0.1, 0.15) is 17.3 Å². The van der Waals surface area contributed by atoms with E-state index in [1.165, 1.54) is 41.3 Å². The molecule has 1 heterocycles. The summed E-state index contributed by atoms with van der Waals surface area (Å²) < 4.78 is 13.9. The predicted molar refractivity (Wildman–Crippen MR) is 150 cm³/mol. The van der Waals surface area contributed by atoms with Crippen LogP contribution >= 0.6 is 23.1 Å². The number of fused-ring (bicyclic) bond motifs is 1. The first-order valence-corrected chi connectivity index (χ1v) is 13.3. The van der Waals surface area contributed by atoms with E-state index in [9.17, 15) is 14.0 Å². The van der Waals surface area contributed by atoms with E-state index in [-0.39, 0.29) is 11.5 Å². The van der Waals surface area contributed by atoms with Gasteiger partial charge in [0.05, 0.1) is 16.5 Å². The quantitative estimate of drug-likeness (QED) is 0.215. The molecule has 0 spiro atoms. The zero-order chi connectivity index (χ0) is 25.8. The molecule has 5 rings (SSSR count). The second-order valence-corrected chi connectivity index (χ2v) is 10.6. The van der Waals surface area contributed by atoms with E-state index >= 15 is 0 Å². The van der Waals surface area contributed by atoms with E-state index in [4.69, 9.17) is 0 Å². The highest BCUT2D eigenvalue weighted by molar-refractivity contribution is 8.00. The van der Waals surface area contributed by atoms with Crippen molar-refractivity contribution >= 4 is 56.5 Å². The highest BCUT2D eigenvalue weighted by Crippen LogP contribution is 2.30. The Labute approximate surface area is 221 Å². The average Bonchev–Trinajstić information content (AvgIpc) is 3.37. The van der Waals surface area contributed by atoms with Crippen molar-refractivity contribution in [1.29, 1.82) is 0 Å². The molecule has 0 fully saturated rings. The summed E-state index contributed by atoms with van der Waals surface area (Å²) in [7, 11) is 0. The van der Waals surface area contributed by atoms with Gasteiger partial charge in [-0.25, -0.2) is 9.37 Å². The first kappa shape index (κ1) is 24.7. The number of hydrogen-bond donors (Lipinski definition) is 2. The SMILES string of the molecule is CC(Sc1cccc(NC(=O)c2ccccc2F)c1)C(=O)Nc1nc(-c2ccc3ccccc3c2)cs1. The summed E-state index contributed by atoms with van der Waals surface area (Å²) >= 11 is 2.73. The van der Waals surface area contributed by atoms with Crippen LogP contribution in [0, 0.1) is 5.82 Å². The maximum Gasteiger partial charge on any atom is 0.258 e. The fourth-order valence-corrected chi connectivity index (χ4v) is 5.42. The Kier molecular flexibility index (Phi) is 7.30.